The molecule has 1 atom stereocenters. The molecule has 1 fully saturated rings. The SMILES string of the molecule is C=CCOC(=O)c1sc(N2C(=O)C(=O)/C(=C(/O)c3cccc(OC)c3)C2c2ccc(OCC=C)cc2)nc1C. The summed E-state index contributed by atoms with van der Waals surface area (Å²) in [4.78, 5) is 45.2. The van der Waals surface area contributed by atoms with Crippen molar-refractivity contribution in [2.75, 3.05) is 25.2 Å². The fourth-order valence-electron chi connectivity index (χ4n) is 4.05. The van der Waals surface area contributed by atoms with Crippen LogP contribution < -0.4 is 14.4 Å². The van der Waals surface area contributed by atoms with Crippen molar-refractivity contribution in [3.63, 3.8) is 0 Å². The average Bonchev–Trinajstić information content (AvgIpc) is 3.46. The number of anilines is 1. The second-order valence-electron chi connectivity index (χ2n) is 8.37. The van der Waals surface area contributed by atoms with Crippen molar-refractivity contribution in [2.24, 2.45) is 0 Å². The van der Waals surface area contributed by atoms with Gasteiger partial charge in [-0.1, -0.05) is 60.9 Å². The number of amides is 1. The van der Waals surface area contributed by atoms with Gasteiger partial charge in [0, 0.05) is 5.56 Å². The quantitative estimate of drug-likeness (QED) is 0.124. The van der Waals surface area contributed by atoms with Crippen LogP contribution in [0.15, 0.2) is 79.4 Å². The van der Waals surface area contributed by atoms with Gasteiger partial charge < -0.3 is 19.3 Å². The van der Waals surface area contributed by atoms with E-state index < -0.39 is 23.7 Å². The molecule has 200 valence electrons. The van der Waals surface area contributed by atoms with Crippen LogP contribution in [0, 0.1) is 6.92 Å². The minimum atomic E-state index is -1.03. The smallest absolute Gasteiger partial charge is 0.350 e. The summed E-state index contributed by atoms with van der Waals surface area (Å²) in [6.07, 6.45) is 3.05. The summed E-state index contributed by atoms with van der Waals surface area (Å²) in [7, 11) is 1.48. The predicted octanol–water partition coefficient (Wildman–Crippen LogP) is 4.99. The first-order chi connectivity index (χ1) is 18.8. The van der Waals surface area contributed by atoms with Gasteiger partial charge in [-0.25, -0.2) is 9.78 Å². The molecule has 0 aliphatic carbocycles. The Morgan fingerprint density at radius 3 is 2.49 bits per heavy atom. The highest BCUT2D eigenvalue weighted by Gasteiger charge is 2.48. The molecule has 1 saturated heterocycles. The molecule has 4 rings (SSSR count). The molecular formula is C29H26N2O7S. The summed E-state index contributed by atoms with van der Waals surface area (Å²) < 4.78 is 16.0. The van der Waals surface area contributed by atoms with Gasteiger partial charge in [-0.2, -0.15) is 0 Å². The van der Waals surface area contributed by atoms with E-state index in [1.807, 2.05) is 0 Å². The zero-order valence-corrected chi connectivity index (χ0v) is 22.2. The molecule has 0 spiro atoms. The van der Waals surface area contributed by atoms with Crippen molar-refractivity contribution in [3.8, 4) is 11.5 Å². The number of esters is 1. The predicted molar refractivity (Wildman–Crippen MR) is 147 cm³/mol. The molecule has 0 saturated carbocycles. The number of hydrogen-bond donors (Lipinski definition) is 1. The summed E-state index contributed by atoms with van der Waals surface area (Å²) >= 11 is 0.922. The van der Waals surface area contributed by atoms with E-state index in [-0.39, 0.29) is 27.9 Å². The zero-order chi connectivity index (χ0) is 28.1. The Bertz CT molecular complexity index is 1470. The van der Waals surface area contributed by atoms with Crippen LogP contribution in [-0.4, -0.2) is 48.1 Å². The van der Waals surface area contributed by atoms with Gasteiger partial charge in [0.1, 0.15) is 35.3 Å². The molecule has 10 heteroatoms. The Morgan fingerprint density at radius 1 is 1.10 bits per heavy atom. The van der Waals surface area contributed by atoms with E-state index in [0.717, 1.165) is 11.3 Å². The van der Waals surface area contributed by atoms with Crippen molar-refractivity contribution in [2.45, 2.75) is 13.0 Å². The van der Waals surface area contributed by atoms with Gasteiger partial charge in [-0.15, -0.1) is 0 Å². The van der Waals surface area contributed by atoms with Crippen LogP contribution in [0.25, 0.3) is 5.76 Å². The molecule has 0 radical (unpaired) electrons. The summed E-state index contributed by atoms with van der Waals surface area (Å²) in [6, 6.07) is 12.3. The molecule has 1 N–H and O–H groups in total. The Morgan fingerprint density at radius 2 is 1.82 bits per heavy atom. The number of aliphatic hydroxyl groups excluding tert-OH is 1. The van der Waals surface area contributed by atoms with Gasteiger partial charge in [0.25, 0.3) is 5.78 Å². The van der Waals surface area contributed by atoms with Gasteiger partial charge in [0.05, 0.1) is 24.4 Å². The number of aliphatic hydroxyl groups is 1. The van der Waals surface area contributed by atoms with Gasteiger partial charge in [-0.3, -0.25) is 14.5 Å². The number of methoxy groups -OCH3 is 1. The lowest BCUT2D eigenvalue weighted by Gasteiger charge is -2.23. The van der Waals surface area contributed by atoms with Crippen molar-refractivity contribution < 1.29 is 33.7 Å². The maximum absolute atomic E-state index is 13.4. The number of ketones is 1. The first-order valence-electron chi connectivity index (χ1n) is 11.8. The molecule has 3 aromatic rings. The molecule has 1 aliphatic rings. The van der Waals surface area contributed by atoms with Crippen LogP contribution in [-0.2, 0) is 14.3 Å². The third-order valence-corrected chi connectivity index (χ3v) is 7.00. The minimum absolute atomic E-state index is 0.0107. The number of benzene rings is 2. The van der Waals surface area contributed by atoms with Gasteiger partial charge in [-0.05, 0) is 36.8 Å². The molecule has 1 amide bonds. The number of nitrogens with zero attached hydrogens (tertiary/aromatic N) is 2. The Balaban J connectivity index is 1.86. The van der Waals surface area contributed by atoms with Crippen LogP contribution in [0.2, 0.25) is 0 Å². The van der Waals surface area contributed by atoms with E-state index in [1.165, 1.54) is 18.1 Å². The fourth-order valence-corrected chi connectivity index (χ4v) is 5.03. The van der Waals surface area contributed by atoms with Gasteiger partial charge >= 0.3 is 11.9 Å². The number of aromatic nitrogens is 1. The highest BCUT2D eigenvalue weighted by Crippen LogP contribution is 2.44. The molecule has 2 heterocycles. The van der Waals surface area contributed by atoms with Crippen LogP contribution >= 0.6 is 11.3 Å². The number of carbonyl (C=O) groups is 3. The van der Waals surface area contributed by atoms with Crippen molar-refractivity contribution in [1.82, 2.24) is 4.98 Å². The molecule has 1 aliphatic heterocycles. The molecule has 1 aromatic heterocycles. The minimum Gasteiger partial charge on any atom is -0.507 e. The number of rotatable bonds is 10. The maximum Gasteiger partial charge on any atom is 0.350 e. The second kappa shape index (κ2) is 11.8. The number of thiazole rings is 1. The molecule has 0 bridgehead atoms. The lowest BCUT2D eigenvalue weighted by atomic mass is 9.95. The normalized spacial score (nSPS) is 16.2. The third-order valence-electron chi connectivity index (χ3n) is 5.86. The lowest BCUT2D eigenvalue weighted by Crippen LogP contribution is -2.29. The number of hydrogen-bond acceptors (Lipinski definition) is 9. The highest BCUT2D eigenvalue weighted by atomic mass is 32.1. The van der Waals surface area contributed by atoms with Crippen molar-refractivity contribution in [3.05, 3.63) is 101 Å². The van der Waals surface area contributed by atoms with E-state index in [4.69, 9.17) is 14.2 Å². The Kier molecular flexibility index (Phi) is 8.26. The van der Waals surface area contributed by atoms with E-state index in [1.54, 1.807) is 61.5 Å². The first kappa shape index (κ1) is 27.3. The van der Waals surface area contributed by atoms with Crippen LogP contribution in [0.4, 0.5) is 5.13 Å². The number of aryl methyl sites for hydroxylation is 1. The number of carbonyl (C=O) groups excluding carboxylic acids is 3. The average molecular weight is 547 g/mol. The van der Waals surface area contributed by atoms with Gasteiger partial charge in [0.15, 0.2) is 5.13 Å². The van der Waals surface area contributed by atoms with Crippen LogP contribution in [0.5, 0.6) is 11.5 Å². The van der Waals surface area contributed by atoms with Gasteiger partial charge in [0.2, 0.25) is 0 Å². The summed E-state index contributed by atoms with van der Waals surface area (Å²) in [6.45, 7) is 9.09. The Hall–Kier alpha value is -4.70. The Labute approximate surface area is 229 Å². The summed E-state index contributed by atoms with van der Waals surface area (Å²) in [5.41, 5.74) is 1.03. The van der Waals surface area contributed by atoms with Crippen molar-refractivity contribution in [1.29, 1.82) is 0 Å². The van der Waals surface area contributed by atoms with E-state index in [0.29, 0.717) is 34.9 Å². The van der Waals surface area contributed by atoms with Crippen molar-refractivity contribution >= 4 is 39.9 Å². The summed E-state index contributed by atoms with van der Waals surface area (Å²) in [5.74, 6) is -1.75. The van der Waals surface area contributed by atoms with E-state index >= 15 is 0 Å². The second-order valence-corrected chi connectivity index (χ2v) is 9.35. The topological polar surface area (TPSA) is 115 Å². The monoisotopic (exact) mass is 546 g/mol. The molecule has 1 unspecified atom stereocenters. The molecule has 39 heavy (non-hydrogen) atoms. The lowest BCUT2D eigenvalue weighted by molar-refractivity contribution is -0.132. The zero-order valence-electron chi connectivity index (χ0n) is 21.4. The molecule has 2 aromatic carbocycles. The van der Waals surface area contributed by atoms with Crippen LogP contribution in [0.3, 0.4) is 0 Å². The first-order valence-corrected chi connectivity index (χ1v) is 12.7. The van der Waals surface area contributed by atoms with E-state index in [9.17, 15) is 19.5 Å². The van der Waals surface area contributed by atoms with E-state index in [2.05, 4.69) is 18.1 Å². The number of ether oxygens (including phenoxy) is 3. The summed E-state index contributed by atoms with van der Waals surface area (Å²) in [5, 5.41) is 11.4. The standard InChI is InChI=1S/C29H26N2O7S/c1-5-14-37-20-12-10-18(11-13-20)23-22(24(32)19-8-7-9-21(16-19)36-4)25(33)27(34)31(23)29-30-17(3)26(39-29)28(35)38-15-6-2/h5-13,16,23,32H,1-2,14-15H2,3-4H3/b24-22+. The highest BCUT2D eigenvalue weighted by molar-refractivity contribution is 7.17. The molecule has 9 nitrogen and oxygen atoms in total. The van der Waals surface area contributed by atoms with Crippen LogP contribution in [0.1, 0.15) is 32.5 Å². The number of Topliss-reactive ketones (excluding diaryl/α,β-unsaturated/α-hetero) is 1. The molecular weight excluding hydrogens is 520 g/mol. The third kappa shape index (κ3) is 5.46. The maximum atomic E-state index is 13.4. The largest absolute Gasteiger partial charge is 0.507 e. The fraction of sp³-hybridized carbons (Fsp3) is 0.172.